The Bertz CT molecular complexity index is 738. The zero-order chi connectivity index (χ0) is 17.6. The number of carboxylic acids is 1. The standard InChI is InChI=1S/C21H24O4/c22-20(23)10-4-2-1-3-7-13-25-15-11-12-17-16-8-5-6-9-18(16)21(24)19(17)14-15/h5-6,8-9,11-12,14,21,24H,1-4,7,10,13H2,(H,22,23). The molecule has 0 spiro atoms. The van der Waals surface area contributed by atoms with E-state index in [0.29, 0.717) is 6.61 Å². The van der Waals surface area contributed by atoms with E-state index in [2.05, 4.69) is 0 Å². The fourth-order valence-electron chi connectivity index (χ4n) is 3.35. The average molecular weight is 340 g/mol. The number of unbranched alkanes of at least 4 members (excludes halogenated alkanes) is 4. The van der Waals surface area contributed by atoms with Gasteiger partial charge >= 0.3 is 5.97 Å². The molecule has 0 radical (unpaired) electrons. The van der Waals surface area contributed by atoms with Crippen LogP contribution in [-0.2, 0) is 4.79 Å². The highest BCUT2D eigenvalue weighted by Crippen LogP contribution is 2.44. The summed E-state index contributed by atoms with van der Waals surface area (Å²) in [6.45, 7) is 0.640. The lowest BCUT2D eigenvalue weighted by Crippen LogP contribution is -1.99. The molecule has 0 aromatic heterocycles. The summed E-state index contributed by atoms with van der Waals surface area (Å²) >= 11 is 0. The van der Waals surface area contributed by atoms with Crippen molar-refractivity contribution in [3.05, 3.63) is 53.6 Å². The Morgan fingerprint density at radius 2 is 1.64 bits per heavy atom. The number of benzene rings is 2. The van der Waals surface area contributed by atoms with Crippen LogP contribution in [0.4, 0.5) is 0 Å². The molecular weight excluding hydrogens is 316 g/mol. The van der Waals surface area contributed by atoms with Crippen LogP contribution in [0.2, 0.25) is 0 Å². The summed E-state index contributed by atoms with van der Waals surface area (Å²) in [6, 6.07) is 13.8. The van der Waals surface area contributed by atoms with Gasteiger partial charge in [-0.1, -0.05) is 49.6 Å². The number of fused-ring (bicyclic) bond motifs is 3. The van der Waals surface area contributed by atoms with E-state index >= 15 is 0 Å². The molecule has 0 aliphatic heterocycles. The van der Waals surface area contributed by atoms with Crippen LogP contribution < -0.4 is 4.74 Å². The van der Waals surface area contributed by atoms with Crippen LogP contribution >= 0.6 is 0 Å². The minimum absolute atomic E-state index is 0.260. The Morgan fingerprint density at radius 1 is 0.920 bits per heavy atom. The van der Waals surface area contributed by atoms with E-state index in [1.54, 1.807) is 0 Å². The van der Waals surface area contributed by atoms with Gasteiger partial charge < -0.3 is 14.9 Å². The lowest BCUT2D eigenvalue weighted by atomic mass is 10.1. The maximum Gasteiger partial charge on any atom is 0.303 e. The molecule has 2 aromatic rings. The second-order valence-corrected chi connectivity index (χ2v) is 6.50. The van der Waals surface area contributed by atoms with E-state index in [4.69, 9.17) is 9.84 Å². The van der Waals surface area contributed by atoms with Crippen LogP contribution in [0.15, 0.2) is 42.5 Å². The van der Waals surface area contributed by atoms with Gasteiger partial charge in [0.1, 0.15) is 11.9 Å². The first-order chi connectivity index (χ1) is 12.2. The monoisotopic (exact) mass is 340 g/mol. The Kier molecular flexibility index (Phi) is 5.71. The van der Waals surface area contributed by atoms with Crippen molar-refractivity contribution in [1.82, 2.24) is 0 Å². The molecule has 0 heterocycles. The van der Waals surface area contributed by atoms with E-state index in [1.165, 1.54) is 0 Å². The van der Waals surface area contributed by atoms with Gasteiger partial charge in [-0.25, -0.2) is 0 Å². The zero-order valence-corrected chi connectivity index (χ0v) is 14.3. The van der Waals surface area contributed by atoms with Gasteiger partial charge in [0.25, 0.3) is 0 Å². The number of aliphatic hydroxyl groups is 1. The van der Waals surface area contributed by atoms with Crippen molar-refractivity contribution in [2.75, 3.05) is 6.61 Å². The fourth-order valence-corrected chi connectivity index (χ4v) is 3.35. The molecule has 0 saturated carbocycles. The first-order valence-electron chi connectivity index (χ1n) is 8.93. The summed E-state index contributed by atoms with van der Waals surface area (Å²) < 4.78 is 5.82. The Morgan fingerprint density at radius 3 is 2.48 bits per heavy atom. The third-order valence-electron chi connectivity index (χ3n) is 4.67. The molecule has 0 bridgehead atoms. The number of hydrogen-bond donors (Lipinski definition) is 2. The lowest BCUT2D eigenvalue weighted by Gasteiger charge is -2.10. The summed E-state index contributed by atoms with van der Waals surface area (Å²) in [6.07, 6.45) is 4.41. The molecule has 25 heavy (non-hydrogen) atoms. The normalized spacial score (nSPS) is 14.8. The smallest absolute Gasteiger partial charge is 0.303 e. The Hall–Kier alpha value is -2.33. The van der Waals surface area contributed by atoms with Gasteiger partial charge in [-0.05, 0) is 47.2 Å². The van der Waals surface area contributed by atoms with Gasteiger partial charge in [0.2, 0.25) is 0 Å². The molecular formula is C21H24O4. The predicted molar refractivity (Wildman–Crippen MR) is 96.8 cm³/mol. The number of hydrogen-bond acceptors (Lipinski definition) is 3. The first-order valence-corrected chi connectivity index (χ1v) is 8.93. The quantitative estimate of drug-likeness (QED) is 0.657. The molecule has 3 rings (SSSR count). The number of rotatable bonds is 9. The maximum atomic E-state index is 10.5. The number of carbonyl (C=O) groups is 1. The van der Waals surface area contributed by atoms with Crippen LogP contribution in [0.3, 0.4) is 0 Å². The van der Waals surface area contributed by atoms with Crippen LogP contribution in [0.5, 0.6) is 5.75 Å². The summed E-state index contributed by atoms with van der Waals surface area (Å²) in [5.74, 6) is 0.0702. The van der Waals surface area contributed by atoms with Gasteiger partial charge in [-0.3, -0.25) is 4.79 Å². The first kappa shape index (κ1) is 17.5. The zero-order valence-electron chi connectivity index (χ0n) is 14.3. The van der Waals surface area contributed by atoms with Crippen LogP contribution in [0.1, 0.15) is 55.8 Å². The van der Waals surface area contributed by atoms with Crippen molar-refractivity contribution in [1.29, 1.82) is 0 Å². The number of aliphatic carboxylic acids is 1. The fraction of sp³-hybridized carbons (Fsp3) is 0.381. The molecule has 2 aromatic carbocycles. The Balaban J connectivity index is 1.46. The summed E-state index contributed by atoms with van der Waals surface area (Å²) in [4.78, 5) is 10.4. The van der Waals surface area contributed by atoms with E-state index in [0.717, 1.165) is 60.1 Å². The largest absolute Gasteiger partial charge is 0.494 e. The molecule has 4 nitrogen and oxygen atoms in total. The predicted octanol–water partition coefficient (Wildman–Crippen LogP) is 4.55. The van der Waals surface area contributed by atoms with Crippen molar-refractivity contribution in [2.24, 2.45) is 0 Å². The van der Waals surface area contributed by atoms with Crippen molar-refractivity contribution in [2.45, 2.75) is 44.6 Å². The molecule has 2 N–H and O–H groups in total. The minimum atomic E-state index is -0.718. The highest BCUT2D eigenvalue weighted by atomic mass is 16.5. The molecule has 1 aliphatic rings. The van der Waals surface area contributed by atoms with Crippen molar-refractivity contribution in [3.63, 3.8) is 0 Å². The molecule has 0 amide bonds. The summed E-state index contributed by atoms with van der Waals surface area (Å²) in [7, 11) is 0. The lowest BCUT2D eigenvalue weighted by molar-refractivity contribution is -0.137. The molecule has 1 atom stereocenters. The van der Waals surface area contributed by atoms with Gasteiger partial charge in [-0.2, -0.15) is 0 Å². The highest BCUT2D eigenvalue weighted by molar-refractivity contribution is 5.78. The van der Waals surface area contributed by atoms with E-state index in [1.807, 2.05) is 42.5 Å². The molecule has 0 saturated heterocycles. The molecule has 0 fully saturated rings. The maximum absolute atomic E-state index is 10.5. The second-order valence-electron chi connectivity index (χ2n) is 6.50. The van der Waals surface area contributed by atoms with Crippen molar-refractivity contribution in [3.8, 4) is 16.9 Å². The Labute approximate surface area is 148 Å². The third kappa shape index (κ3) is 4.20. The van der Waals surface area contributed by atoms with Crippen LogP contribution in [-0.4, -0.2) is 22.8 Å². The molecule has 4 heteroatoms. The molecule has 1 aliphatic carbocycles. The molecule has 1 unspecified atom stereocenters. The number of carboxylic acid groups (broad SMARTS) is 1. The van der Waals surface area contributed by atoms with Gasteiger partial charge in [0, 0.05) is 6.42 Å². The van der Waals surface area contributed by atoms with Crippen LogP contribution in [0.25, 0.3) is 11.1 Å². The van der Waals surface area contributed by atoms with Crippen LogP contribution in [0, 0.1) is 0 Å². The highest BCUT2D eigenvalue weighted by Gasteiger charge is 2.26. The topological polar surface area (TPSA) is 66.8 Å². The summed E-state index contributed by atoms with van der Waals surface area (Å²) in [5, 5.41) is 19.1. The average Bonchev–Trinajstić information content (AvgIpc) is 2.90. The third-order valence-corrected chi connectivity index (χ3v) is 4.67. The summed E-state index contributed by atoms with van der Waals surface area (Å²) in [5.41, 5.74) is 4.04. The van der Waals surface area contributed by atoms with E-state index in [9.17, 15) is 9.90 Å². The van der Waals surface area contributed by atoms with Crippen molar-refractivity contribution >= 4 is 5.97 Å². The minimum Gasteiger partial charge on any atom is -0.494 e. The van der Waals surface area contributed by atoms with Gasteiger partial charge in [0.15, 0.2) is 0 Å². The number of aliphatic hydroxyl groups excluding tert-OH is 1. The van der Waals surface area contributed by atoms with E-state index in [-0.39, 0.29) is 6.42 Å². The molecule has 132 valence electrons. The van der Waals surface area contributed by atoms with Gasteiger partial charge in [0.05, 0.1) is 6.61 Å². The second kappa shape index (κ2) is 8.17. The number of ether oxygens (including phenoxy) is 1. The SMILES string of the molecule is O=C(O)CCCCCCCOc1ccc2c(c1)C(O)c1ccccc1-2. The van der Waals surface area contributed by atoms with Gasteiger partial charge in [-0.15, -0.1) is 0 Å². The van der Waals surface area contributed by atoms with Crippen molar-refractivity contribution < 1.29 is 19.7 Å². The van der Waals surface area contributed by atoms with E-state index < -0.39 is 12.1 Å².